The van der Waals surface area contributed by atoms with Crippen molar-refractivity contribution in [2.24, 2.45) is 5.92 Å². The minimum atomic E-state index is 0.145. The number of rotatable bonds is 7. The number of nitrogens with zero attached hydrogens (tertiary/aromatic N) is 1. The number of hydrogen-bond acceptors (Lipinski definition) is 4. The average Bonchev–Trinajstić information content (AvgIpc) is 3.17. The number of carbonyl (C=O) groups excluding carboxylic acids is 1. The molecule has 0 aromatic rings. The van der Waals surface area contributed by atoms with Crippen LogP contribution in [0.3, 0.4) is 0 Å². The Morgan fingerprint density at radius 1 is 1.29 bits per heavy atom. The monoisotopic (exact) mass is 257 g/mol. The standard InChI is InChI=1S/C12H23N3OS/c16-12(14-9-11-1-2-11)10-13-3-4-15-5-7-17-8-6-15/h11,13H,1-10H2,(H,14,16). The summed E-state index contributed by atoms with van der Waals surface area (Å²) in [4.78, 5) is 13.9. The average molecular weight is 257 g/mol. The molecule has 2 fully saturated rings. The molecule has 1 heterocycles. The van der Waals surface area contributed by atoms with Gasteiger partial charge in [-0.25, -0.2) is 0 Å². The third-order valence-corrected chi connectivity index (χ3v) is 4.22. The second-order valence-electron chi connectivity index (χ2n) is 4.88. The van der Waals surface area contributed by atoms with E-state index in [-0.39, 0.29) is 5.91 Å². The highest BCUT2D eigenvalue weighted by Crippen LogP contribution is 2.27. The minimum absolute atomic E-state index is 0.145. The fraction of sp³-hybridized carbons (Fsp3) is 0.917. The van der Waals surface area contributed by atoms with Gasteiger partial charge in [-0.15, -0.1) is 0 Å². The van der Waals surface area contributed by atoms with Crippen molar-refractivity contribution < 1.29 is 4.79 Å². The summed E-state index contributed by atoms with van der Waals surface area (Å²) < 4.78 is 0. The van der Waals surface area contributed by atoms with Gasteiger partial charge in [0.05, 0.1) is 6.54 Å². The first-order chi connectivity index (χ1) is 8.34. The van der Waals surface area contributed by atoms with Gasteiger partial charge in [0, 0.05) is 44.2 Å². The third kappa shape index (κ3) is 5.75. The number of carbonyl (C=O) groups is 1. The first kappa shape index (κ1) is 13.2. The summed E-state index contributed by atoms with van der Waals surface area (Å²) >= 11 is 2.03. The van der Waals surface area contributed by atoms with Crippen molar-refractivity contribution >= 4 is 17.7 Å². The van der Waals surface area contributed by atoms with E-state index >= 15 is 0 Å². The molecule has 1 saturated carbocycles. The zero-order chi connectivity index (χ0) is 11.9. The Labute approximate surface area is 108 Å². The molecule has 0 aromatic heterocycles. The van der Waals surface area contributed by atoms with Gasteiger partial charge in [0.15, 0.2) is 0 Å². The Balaban J connectivity index is 1.42. The van der Waals surface area contributed by atoms with Gasteiger partial charge in [-0.1, -0.05) is 0 Å². The molecule has 1 amide bonds. The van der Waals surface area contributed by atoms with E-state index in [1.54, 1.807) is 0 Å². The quantitative estimate of drug-likeness (QED) is 0.637. The Bertz CT molecular complexity index is 240. The fourth-order valence-corrected chi connectivity index (χ4v) is 2.89. The van der Waals surface area contributed by atoms with Gasteiger partial charge >= 0.3 is 0 Å². The first-order valence-corrected chi connectivity index (χ1v) is 7.77. The molecule has 2 N–H and O–H groups in total. The molecule has 0 aromatic carbocycles. The van der Waals surface area contributed by atoms with Crippen molar-refractivity contribution in [3.63, 3.8) is 0 Å². The molecule has 1 aliphatic heterocycles. The highest BCUT2D eigenvalue weighted by Gasteiger charge is 2.21. The van der Waals surface area contributed by atoms with Gasteiger partial charge in [-0.05, 0) is 18.8 Å². The Kier molecular flexibility index (Phi) is 5.61. The Morgan fingerprint density at radius 2 is 2.06 bits per heavy atom. The van der Waals surface area contributed by atoms with Crippen LogP contribution in [-0.2, 0) is 4.79 Å². The van der Waals surface area contributed by atoms with E-state index in [2.05, 4.69) is 15.5 Å². The smallest absolute Gasteiger partial charge is 0.233 e. The summed E-state index contributed by atoms with van der Waals surface area (Å²) in [6, 6.07) is 0. The van der Waals surface area contributed by atoms with Crippen LogP contribution < -0.4 is 10.6 Å². The summed E-state index contributed by atoms with van der Waals surface area (Å²) in [5, 5.41) is 6.18. The molecular formula is C12H23N3OS. The van der Waals surface area contributed by atoms with Gasteiger partial charge in [0.25, 0.3) is 0 Å². The molecular weight excluding hydrogens is 234 g/mol. The normalized spacial score (nSPS) is 21.4. The number of hydrogen-bond donors (Lipinski definition) is 2. The molecule has 0 unspecified atom stereocenters. The van der Waals surface area contributed by atoms with Crippen LogP contribution in [0, 0.1) is 5.92 Å². The van der Waals surface area contributed by atoms with Crippen LogP contribution in [0.1, 0.15) is 12.8 Å². The van der Waals surface area contributed by atoms with Crippen LogP contribution in [0.15, 0.2) is 0 Å². The fourth-order valence-electron chi connectivity index (χ4n) is 1.91. The highest BCUT2D eigenvalue weighted by atomic mass is 32.2. The van der Waals surface area contributed by atoms with Crippen molar-refractivity contribution in [2.75, 3.05) is 50.8 Å². The van der Waals surface area contributed by atoms with Gasteiger partial charge in [0.1, 0.15) is 0 Å². The molecule has 1 saturated heterocycles. The molecule has 1 aliphatic carbocycles. The lowest BCUT2D eigenvalue weighted by molar-refractivity contribution is -0.120. The van der Waals surface area contributed by atoms with E-state index in [0.29, 0.717) is 6.54 Å². The van der Waals surface area contributed by atoms with E-state index in [4.69, 9.17) is 0 Å². The van der Waals surface area contributed by atoms with Crippen LogP contribution in [-0.4, -0.2) is 61.6 Å². The molecule has 0 bridgehead atoms. The molecule has 2 rings (SSSR count). The van der Waals surface area contributed by atoms with Crippen molar-refractivity contribution in [1.29, 1.82) is 0 Å². The van der Waals surface area contributed by atoms with Crippen molar-refractivity contribution in [1.82, 2.24) is 15.5 Å². The molecule has 98 valence electrons. The lowest BCUT2D eigenvalue weighted by atomic mass is 10.4. The Morgan fingerprint density at radius 3 is 2.76 bits per heavy atom. The van der Waals surface area contributed by atoms with Crippen molar-refractivity contribution in [3.05, 3.63) is 0 Å². The highest BCUT2D eigenvalue weighted by molar-refractivity contribution is 7.99. The minimum Gasteiger partial charge on any atom is -0.355 e. The second kappa shape index (κ2) is 7.24. The number of thioether (sulfide) groups is 1. The first-order valence-electron chi connectivity index (χ1n) is 6.62. The Hall–Kier alpha value is -0.260. The van der Waals surface area contributed by atoms with E-state index in [1.807, 2.05) is 11.8 Å². The predicted octanol–water partition coefficient (Wildman–Crippen LogP) is 0.151. The molecule has 17 heavy (non-hydrogen) atoms. The maximum Gasteiger partial charge on any atom is 0.233 e. The maximum atomic E-state index is 11.4. The largest absolute Gasteiger partial charge is 0.355 e. The van der Waals surface area contributed by atoms with Gasteiger partial charge in [-0.3, -0.25) is 4.79 Å². The van der Waals surface area contributed by atoms with Gasteiger partial charge in [-0.2, -0.15) is 11.8 Å². The lowest BCUT2D eigenvalue weighted by Crippen LogP contribution is -2.41. The number of nitrogens with one attached hydrogen (secondary N) is 2. The second-order valence-corrected chi connectivity index (χ2v) is 6.10. The lowest BCUT2D eigenvalue weighted by Gasteiger charge is -2.25. The topological polar surface area (TPSA) is 44.4 Å². The van der Waals surface area contributed by atoms with E-state index in [1.165, 1.54) is 37.4 Å². The van der Waals surface area contributed by atoms with Crippen LogP contribution in [0.25, 0.3) is 0 Å². The third-order valence-electron chi connectivity index (χ3n) is 3.28. The van der Waals surface area contributed by atoms with Gasteiger partial charge < -0.3 is 15.5 Å². The molecule has 2 aliphatic rings. The molecule has 5 heteroatoms. The van der Waals surface area contributed by atoms with E-state index < -0.39 is 0 Å². The van der Waals surface area contributed by atoms with E-state index in [9.17, 15) is 4.79 Å². The summed E-state index contributed by atoms with van der Waals surface area (Å²) in [5.74, 6) is 3.42. The summed E-state index contributed by atoms with van der Waals surface area (Å²) in [6.45, 7) is 5.72. The molecule has 0 radical (unpaired) electrons. The molecule has 0 spiro atoms. The zero-order valence-electron chi connectivity index (χ0n) is 10.4. The summed E-state index contributed by atoms with van der Waals surface area (Å²) in [5.41, 5.74) is 0. The number of amides is 1. The summed E-state index contributed by atoms with van der Waals surface area (Å²) in [7, 11) is 0. The van der Waals surface area contributed by atoms with Crippen molar-refractivity contribution in [2.45, 2.75) is 12.8 Å². The van der Waals surface area contributed by atoms with Crippen LogP contribution >= 0.6 is 11.8 Å². The SMILES string of the molecule is O=C(CNCCN1CCSCC1)NCC1CC1. The van der Waals surface area contributed by atoms with Crippen LogP contribution in [0.2, 0.25) is 0 Å². The van der Waals surface area contributed by atoms with Crippen LogP contribution in [0.5, 0.6) is 0 Å². The maximum absolute atomic E-state index is 11.4. The summed E-state index contributed by atoms with van der Waals surface area (Å²) in [6.07, 6.45) is 2.58. The van der Waals surface area contributed by atoms with E-state index in [0.717, 1.165) is 25.6 Å². The van der Waals surface area contributed by atoms with Crippen LogP contribution in [0.4, 0.5) is 0 Å². The predicted molar refractivity (Wildman–Crippen MR) is 72.4 cm³/mol. The molecule has 0 atom stereocenters. The zero-order valence-corrected chi connectivity index (χ0v) is 11.2. The van der Waals surface area contributed by atoms with Crippen molar-refractivity contribution in [3.8, 4) is 0 Å². The van der Waals surface area contributed by atoms with Gasteiger partial charge in [0.2, 0.25) is 5.91 Å². The molecule has 4 nitrogen and oxygen atoms in total.